The monoisotopic (exact) mass is 323 g/mol. The Bertz CT molecular complexity index is 578. The van der Waals surface area contributed by atoms with Crippen LogP contribution in [0, 0.1) is 0 Å². The lowest BCUT2D eigenvalue weighted by Gasteiger charge is -2.07. The van der Waals surface area contributed by atoms with E-state index >= 15 is 0 Å². The topological polar surface area (TPSA) is 70.1 Å². The normalized spacial score (nSPS) is 10.4. The van der Waals surface area contributed by atoms with Crippen molar-refractivity contribution < 1.29 is 9.53 Å². The van der Waals surface area contributed by atoms with E-state index in [-0.39, 0.29) is 6.61 Å². The van der Waals surface area contributed by atoms with Crippen molar-refractivity contribution in [2.45, 2.75) is 20.1 Å². The molecule has 0 aliphatic heterocycles. The smallest absolute Gasteiger partial charge is 0.359 e. The minimum atomic E-state index is -0.459. The van der Waals surface area contributed by atoms with Crippen molar-refractivity contribution in [1.29, 1.82) is 0 Å². The molecule has 5 nitrogen and oxygen atoms in total. The molecule has 1 aromatic carbocycles. The number of nitrogens with two attached hydrogens (primary N) is 1. The molecule has 2 aromatic rings. The number of rotatable bonds is 4. The van der Waals surface area contributed by atoms with Gasteiger partial charge in [0, 0.05) is 11.0 Å². The molecule has 0 atom stereocenters. The summed E-state index contributed by atoms with van der Waals surface area (Å²) < 4.78 is 7.75. The Kier molecular flexibility index (Phi) is 4.21. The molecule has 0 aliphatic rings. The van der Waals surface area contributed by atoms with Gasteiger partial charge in [-0.1, -0.05) is 28.1 Å². The number of aryl methyl sites for hydroxylation is 1. The third kappa shape index (κ3) is 3.14. The van der Waals surface area contributed by atoms with Crippen molar-refractivity contribution in [3.63, 3.8) is 0 Å². The van der Waals surface area contributed by atoms with Gasteiger partial charge in [0.1, 0.15) is 6.61 Å². The van der Waals surface area contributed by atoms with Crippen LogP contribution in [0.2, 0.25) is 0 Å². The molecule has 0 saturated carbocycles. The van der Waals surface area contributed by atoms with Gasteiger partial charge >= 0.3 is 5.97 Å². The minimum Gasteiger partial charge on any atom is -0.456 e. The largest absolute Gasteiger partial charge is 0.456 e. The Hall–Kier alpha value is -1.82. The van der Waals surface area contributed by atoms with Crippen LogP contribution in [0.25, 0.3) is 0 Å². The maximum atomic E-state index is 12.0. The lowest BCUT2D eigenvalue weighted by atomic mass is 10.2. The Labute approximate surface area is 119 Å². The first-order valence-corrected chi connectivity index (χ1v) is 6.64. The van der Waals surface area contributed by atoms with Crippen LogP contribution >= 0.6 is 15.9 Å². The molecule has 0 saturated heterocycles. The summed E-state index contributed by atoms with van der Waals surface area (Å²) in [6.07, 6.45) is 1.46. The highest BCUT2D eigenvalue weighted by atomic mass is 79.9. The SMILES string of the molecule is CCn1ncc(N)c1C(=O)OCc1ccc(Br)cc1. The molecule has 1 aromatic heterocycles. The second kappa shape index (κ2) is 5.88. The Morgan fingerprint density at radius 3 is 2.74 bits per heavy atom. The molecule has 2 N–H and O–H groups in total. The highest BCUT2D eigenvalue weighted by Crippen LogP contribution is 2.15. The molecule has 0 radical (unpaired) electrons. The summed E-state index contributed by atoms with van der Waals surface area (Å²) in [4.78, 5) is 12.0. The van der Waals surface area contributed by atoms with Crippen LogP contribution < -0.4 is 5.73 Å². The van der Waals surface area contributed by atoms with Crippen LogP contribution in [0.4, 0.5) is 5.69 Å². The van der Waals surface area contributed by atoms with E-state index in [1.807, 2.05) is 31.2 Å². The molecule has 0 unspecified atom stereocenters. The number of carbonyl (C=O) groups is 1. The van der Waals surface area contributed by atoms with E-state index in [2.05, 4.69) is 21.0 Å². The maximum Gasteiger partial charge on any atom is 0.359 e. The standard InChI is InChI=1S/C13H14BrN3O2/c1-2-17-12(11(15)7-16-17)13(18)19-8-9-3-5-10(14)6-4-9/h3-7H,2,8,15H2,1H3. The van der Waals surface area contributed by atoms with Crippen molar-refractivity contribution in [2.75, 3.05) is 5.73 Å². The van der Waals surface area contributed by atoms with E-state index in [1.54, 1.807) is 0 Å². The fraction of sp³-hybridized carbons (Fsp3) is 0.231. The van der Waals surface area contributed by atoms with Crippen molar-refractivity contribution in [3.05, 3.63) is 46.2 Å². The van der Waals surface area contributed by atoms with Gasteiger partial charge in [-0.05, 0) is 24.6 Å². The van der Waals surface area contributed by atoms with E-state index in [9.17, 15) is 4.79 Å². The maximum absolute atomic E-state index is 12.0. The summed E-state index contributed by atoms with van der Waals surface area (Å²) in [6, 6.07) is 7.57. The third-order valence-electron chi connectivity index (χ3n) is 2.64. The van der Waals surface area contributed by atoms with E-state index in [1.165, 1.54) is 10.9 Å². The first-order valence-electron chi connectivity index (χ1n) is 5.84. The molecule has 0 aliphatic carbocycles. The van der Waals surface area contributed by atoms with Gasteiger partial charge in [-0.2, -0.15) is 5.10 Å². The number of hydrogen-bond donors (Lipinski definition) is 1. The third-order valence-corrected chi connectivity index (χ3v) is 3.17. The van der Waals surface area contributed by atoms with Crippen LogP contribution in [-0.2, 0) is 17.9 Å². The highest BCUT2D eigenvalue weighted by molar-refractivity contribution is 9.10. The first-order chi connectivity index (χ1) is 9.11. The van der Waals surface area contributed by atoms with Crippen LogP contribution in [0.1, 0.15) is 23.0 Å². The Morgan fingerprint density at radius 1 is 1.42 bits per heavy atom. The fourth-order valence-electron chi connectivity index (χ4n) is 1.66. The van der Waals surface area contributed by atoms with Gasteiger partial charge in [0.05, 0.1) is 11.9 Å². The number of benzene rings is 1. The van der Waals surface area contributed by atoms with Gasteiger partial charge in [0.2, 0.25) is 0 Å². The molecular formula is C13H14BrN3O2. The van der Waals surface area contributed by atoms with Gasteiger partial charge < -0.3 is 10.5 Å². The summed E-state index contributed by atoms with van der Waals surface area (Å²) >= 11 is 3.35. The zero-order valence-electron chi connectivity index (χ0n) is 10.5. The molecule has 0 bridgehead atoms. The molecule has 2 rings (SSSR count). The number of halogens is 1. The van der Waals surface area contributed by atoms with Crippen LogP contribution in [-0.4, -0.2) is 15.7 Å². The Balaban J connectivity index is 2.05. The molecule has 19 heavy (non-hydrogen) atoms. The molecule has 100 valence electrons. The van der Waals surface area contributed by atoms with Crippen molar-refractivity contribution in [1.82, 2.24) is 9.78 Å². The Morgan fingerprint density at radius 2 is 2.11 bits per heavy atom. The van der Waals surface area contributed by atoms with Crippen LogP contribution in [0.3, 0.4) is 0 Å². The molecular weight excluding hydrogens is 310 g/mol. The van der Waals surface area contributed by atoms with Gasteiger partial charge in [-0.3, -0.25) is 4.68 Å². The zero-order chi connectivity index (χ0) is 13.8. The lowest BCUT2D eigenvalue weighted by molar-refractivity contribution is 0.0459. The van der Waals surface area contributed by atoms with E-state index in [0.717, 1.165) is 10.0 Å². The number of nitrogens with zero attached hydrogens (tertiary/aromatic N) is 2. The molecule has 1 heterocycles. The predicted octanol–water partition coefficient (Wildman–Crippen LogP) is 2.60. The summed E-state index contributed by atoms with van der Waals surface area (Å²) in [6.45, 7) is 2.66. The lowest BCUT2D eigenvalue weighted by Crippen LogP contribution is -2.14. The molecule has 6 heteroatoms. The quantitative estimate of drug-likeness (QED) is 0.878. The number of ether oxygens (including phenoxy) is 1. The van der Waals surface area contributed by atoms with Gasteiger partial charge in [0.15, 0.2) is 5.69 Å². The molecule has 0 spiro atoms. The van der Waals surface area contributed by atoms with Crippen LogP contribution in [0.5, 0.6) is 0 Å². The van der Waals surface area contributed by atoms with E-state index < -0.39 is 5.97 Å². The predicted molar refractivity (Wildman–Crippen MR) is 75.6 cm³/mol. The number of esters is 1. The number of aromatic nitrogens is 2. The summed E-state index contributed by atoms with van der Waals surface area (Å²) in [5, 5.41) is 4.01. The molecule has 0 amide bonds. The van der Waals surface area contributed by atoms with Crippen molar-refractivity contribution in [2.24, 2.45) is 0 Å². The average Bonchev–Trinajstić information content (AvgIpc) is 2.79. The average molecular weight is 324 g/mol. The van der Waals surface area contributed by atoms with Gasteiger partial charge in [-0.15, -0.1) is 0 Å². The van der Waals surface area contributed by atoms with Gasteiger partial charge in [0.25, 0.3) is 0 Å². The highest BCUT2D eigenvalue weighted by Gasteiger charge is 2.17. The zero-order valence-corrected chi connectivity index (χ0v) is 12.1. The molecule has 0 fully saturated rings. The summed E-state index contributed by atoms with van der Waals surface area (Å²) in [5.41, 5.74) is 7.27. The number of hydrogen-bond acceptors (Lipinski definition) is 4. The van der Waals surface area contributed by atoms with Gasteiger partial charge in [-0.25, -0.2) is 4.79 Å². The van der Waals surface area contributed by atoms with E-state index in [0.29, 0.717) is 17.9 Å². The van der Waals surface area contributed by atoms with Crippen LogP contribution in [0.15, 0.2) is 34.9 Å². The first kappa shape index (κ1) is 13.6. The van der Waals surface area contributed by atoms with Crippen molar-refractivity contribution >= 4 is 27.6 Å². The fourth-order valence-corrected chi connectivity index (χ4v) is 1.92. The number of carbonyl (C=O) groups excluding carboxylic acids is 1. The van der Waals surface area contributed by atoms with E-state index in [4.69, 9.17) is 10.5 Å². The minimum absolute atomic E-state index is 0.209. The second-order valence-electron chi connectivity index (χ2n) is 3.97. The summed E-state index contributed by atoms with van der Waals surface area (Å²) in [7, 11) is 0. The number of anilines is 1. The second-order valence-corrected chi connectivity index (χ2v) is 4.88. The number of nitrogen functional groups attached to an aromatic ring is 1. The van der Waals surface area contributed by atoms with Crippen molar-refractivity contribution in [3.8, 4) is 0 Å². The summed E-state index contributed by atoms with van der Waals surface area (Å²) in [5.74, 6) is -0.459.